The Balaban J connectivity index is 1.70. The van der Waals surface area contributed by atoms with Gasteiger partial charge in [0.1, 0.15) is 0 Å². The summed E-state index contributed by atoms with van der Waals surface area (Å²) in [7, 11) is 0. The number of carbonyl (C=O) groups is 2. The third-order valence-corrected chi connectivity index (χ3v) is 4.71. The minimum absolute atomic E-state index is 0.0140. The van der Waals surface area contributed by atoms with E-state index < -0.39 is 0 Å². The van der Waals surface area contributed by atoms with Crippen LogP contribution in [-0.4, -0.2) is 29.8 Å². The highest BCUT2D eigenvalue weighted by Gasteiger charge is 2.23. The van der Waals surface area contributed by atoms with Gasteiger partial charge in [-0.15, -0.1) is 0 Å². The first-order valence-corrected chi connectivity index (χ1v) is 9.06. The van der Waals surface area contributed by atoms with E-state index in [9.17, 15) is 9.59 Å². The lowest BCUT2D eigenvalue weighted by Crippen LogP contribution is -2.38. The Labute approximate surface area is 154 Å². The number of hydrogen-bond donors (Lipinski definition) is 1. The van der Waals surface area contributed by atoms with Crippen LogP contribution in [0.1, 0.15) is 35.7 Å². The van der Waals surface area contributed by atoms with Crippen molar-refractivity contribution in [3.8, 4) is 0 Å². The lowest BCUT2D eigenvalue weighted by molar-refractivity contribution is -0.111. The highest BCUT2D eigenvalue weighted by Crippen LogP contribution is 2.22. The first kappa shape index (κ1) is 17.9. The van der Waals surface area contributed by atoms with E-state index in [-0.39, 0.29) is 11.8 Å². The summed E-state index contributed by atoms with van der Waals surface area (Å²) in [5.74, 6) is 0.401. The van der Waals surface area contributed by atoms with Gasteiger partial charge in [-0.3, -0.25) is 9.59 Å². The smallest absolute Gasteiger partial charge is 0.255 e. The molecule has 1 saturated heterocycles. The molecule has 2 aromatic carbocycles. The van der Waals surface area contributed by atoms with Crippen LogP contribution in [0.5, 0.6) is 0 Å². The molecule has 2 amide bonds. The van der Waals surface area contributed by atoms with Gasteiger partial charge in [-0.2, -0.15) is 0 Å². The Bertz CT molecular complexity index is 791. The normalized spacial score (nSPS) is 15.2. The fourth-order valence-corrected chi connectivity index (χ4v) is 3.07. The zero-order valence-electron chi connectivity index (χ0n) is 15.0. The van der Waals surface area contributed by atoms with E-state index in [2.05, 4.69) is 12.2 Å². The van der Waals surface area contributed by atoms with E-state index in [0.717, 1.165) is 31.5 Å². The first-order chi connectivity index (χ1) is 12.6. The summed E-state index contributed by atoms with van der Waals surface area (Å²) in [5, 5.41) is 2.84. The molecule has 1 aliphatic rings. The van der Waals surface area contributed by atoms with Gasteiger partial charge in [-0.1, -0.05) is 49.4 Å². The van der Waals surface area contributed by atoms with Crippen molar-refractivity contribution in [2.75, 3.05) is 18.4 Å². The van der Waals surface area contributed by atoms with Gasteiger partial charge in [0.25, 0.3) is 5.91 Å². The van der Waals surface area contributed by atoms with Gasteiger partial charge in [-0.25, -0.2) is 0 Å². The highest BCUT2D eigenvalue weighted by atomic mass is 16.2. The second-order valence-electron chi connectivity index (χ2n) is 6.75. The van der Waals surface area contributed by atoms with Gasteiger partial charge in [0.2, 0.25) is 5.91 Å². The van der Waals surface area contributed by atoms with E-state index in [1.807, 2.05) is 47.4 Å². The molecule has 0 radical (unpaired) electrons. The van der Waals surface area contributed by atoms with Crippen molar-refractivity contribution in [2.45, 2.75) is 19.8 Å². The molecule has 0 unspecified atom stereocenters. The van der Waals surface area contributed by atoms with Crippen LogP contribution in [0.4, 0.5) is 5.69 Å². The number of carbonyl (C=O) groups excluding carboxylic acids is 2. The maximum Gasteiger partial charge on any atom is 0.255 e. The standard InChI is InChI=1S/C22H24N2O2/c1-17-13-15-24(16-14-17)22(26)19-9-5-6-10-20(19)23-21(25)12-11-18-7-3-2-4-8-18/h2-12,17H,13-16H2,1H3,(H,23,25)/b12-11+. The van der Waals surface area contributed by atoms with E-state index in [1.165, 1.54) is 6.08 Å². The molecular formula is C22H24N2O2. The Morgan fingerprint density at radius 2 is 1.65 bits per heavy atom. The minimum atomic E-state index is -0.249. The van der Waals surface area contributed by atoms with Gasteiger partial charge in [0.15, 0.2) is 0 Å². The molecule has 0 aliphatic carbocycles. The number of benzene rings is 2. The molecule has 1 N–H and O–H groups in total. The van der Waals surface area contributed by atoms with Crippen LogP contribution >= 0.6 is 0 Å². The summed E-state index contributed by atoms with van der Waals surface area (Å²) in [5.41, 5.74) is 2.05. The van der Waals surface area contributed by atoms with E-state index in [0.29, 0.717) is 17.2 Å². The number of rotatable bonds is 4. The number of piperidine rings is 1. The summed E-state index contributed by atoms with van der Waals surface area (Å²) in [6.07, 6.45) is 5.30. The molecule has 26 heavy (non-hydrogen) atoms. The molecule has 0 atom stereocenters. The van der Waals surface area contributed by atoms with Gasteiger partial charge in [0, 0.05) is 19.2 Å². The van der Waals surface area contributed by atoms with Gasteiger partial charge < -0.3 is 10.2 Å². The van der Waals surface area contributed by atoms with Crippen molar-refractivity contribution in [2.24, 2.45) is 5.92 Å². The molecule has 4 heteroatoms. The summed E-state index contributed by atoms with van der Waals surface area (Å²) in [6.45, 7) is 3.77. The molecule has 1 heterocycles. The molecule has 4 nitrogen and oxygen atoms in total. The number of amides is 2. The van der Waals surface area contributed by atoms with E-state index in [4.69, 9.17) is 0 Å². The molecule has 134 valence electrons. The number of hydrogen-bond acceptors (Lipinski definition) is 2. The topological polar surface area (TPSA) is 49.4 Å². The van der Waals surface area contributed by atoms with Gasteiger partial charge >= 0.3 is 0 Å². The Hall–Kier alpha value is -2.88. The predicted octanol–water partition coefficient (Wildman–Crippen LogP) is 4.21. The molecule has 1 fully saturated rings. The molecule has 1 aliphatic heterocycles. The number of nitrogens with one attached hydrogen (secondary N) is 1. The van der Waals surface area contributed by atoms with E-state index >= 15 is 0 Å². The van der Waals surface area contributed by atoms with Gasteiger partial charge in [0.05, 0.1) is 11.3 Å². The molecule has 0 aromatic heterocycles. The molecule has 2 aromatic rings. The van der Waals surface area contributed by atoms with Crippen molar-refractivity contribution >= 4 is 23.6 Å². The highest BCUT2D eigenvalue weighted by molar-refractivity contribution is 6.07. The van der Waals surface area contributed by atoms with Crippen LogP contribution in [0.15, 0.2) is 60.7 Å². The molecule has 0 spiro atoms. The third kappa shape index (κ3) is 4.60. The van der Waals surface area contributed by atoms with Crippen molar-refractivity contribution in [1.82, 2.24) is 4.90 Å². The van der Waals surface area contributed by atoms with Crippen LogP contribution in [-0.2, 0) is 4.79 Å². The van der Waals surface area contributed by atoms with Crippen molar-refractivity contribution in [1.29, 1.82) is 0 Å². The average molecular weight is 348 g/mol. The Kier molecular flexibility index (Phi) is 5.84. The summed E-state index contributed by atoms with van der Waals surface area (Å²) in [6, 6.07) is 16.8. The van der Waals surface area contributed by atoms with Crippen LogP contribution in [0.3, 0.4) is 0 Å². The second-order valence-corrected chi connectivity index (χ2v) is 6.75. The summed E-state index contributed by atoms with van der Waals surface area (Å²) < 4.78 is 0. The number of anilines is 1. The summed E-state index contributed by atoms with van der Waals surface area (Å²) in [4.78, 5) is 27.0. The quantitative estimate of drug-likeness (QED) is 0.842. The largest absolute Gasteiger partial charge is 0.339 e. The second kappa shape index (κ2) is 8.48. The third-order valence-electron chi connectivity index (χ3n) is 4.71. The van der Waals surface area contributed by atoms with E-state index in [1.54, 1.807) is 18.2 Å². The zero-order chi connectivity index (χ0) is 18.4. The molecule has 0 saturated carbocycles. The molecular weight excluding hydrogens is 324 g/mol. The predicted molar refractivity (Wildman–Crippen MR) is 105 cm³/mol. The SMILES string of the molecule is CC1CCN(C(=O)c2ccccc2NC(=O)/C=C/c2ccccc2)CC1. The van der Waals surface area contributed by atoms with Crippen molar-refractivity contribution in [3.63, 3.8) is 0 Å². The van der Waals surface area contributed by atoms with Crippen LogP contribution in [0, 0.1) is 5.92 Å². The minimum Gasteiger partial charge on any atom is -0.339 e. The first-order valence-electron chi connectivity index (χ1n) is 9.06. The number of para-hydroxylation sites is 1. The lowest BCUT2D eigenvalue weighted by atomic mass is 9.98. The maximum absolute atomic E-state index is 12.8. The van der Waals surface area contributed by atoms with Crippen LogP contribution in [0.2, 0.25) is 0 Å². The number of nitrogens with zero attached hydrogens (tertiary/aromatic N) is 1. The van der Waals surface area contributed by atoms with Crippen LogP contribution < -0.4 is 5.32 Å². The maximum atomic E-state index is 12.8. The Morgan fingerprint density at radius 1 is 1.00 bits per heavy atom. The van der Waals surface area contributed by atoms with Gasteiger partial charge in [-0.05, 0) is 42.5 Å². The molecule has 0 bridgehead atoms. The fraction of sp³-hybridized carbons (Fsp3) is 0.273. The fourth-order valence-electron chi connectivity index (χ4n) is 3.07. The van der Waals surface area contributed by atoms with Crippen molar-refractivity contribution < 1.29 is 9.59 Å². The zero-order valence-corrected chi connectivity index (χ0v) is 15.0. The van der Waals surface area contributed by atoms with Crippen LogP contribution in [0.25, 0.3) is 6.08 Å². The number of likely N-dealkylation sites (tertiary alicyclic amines) is 1. The lowest BCUT2D eigenvalue weighted by Gasteiger charge is -2.30. The average Bonchev–Trinajstić information content (AvgIpc) is 2.68. The Morgan fingerprint density at radius 3 is 2.38 bits per heavy atom. The molecule has 3 rings (SSSR count). The summed E-state index contributed by atoms with van der Waals surface area (Å²) >= 11 is 0. The monoisotopic (exact) mass is 348 g/mol. The van der Waals surface area contributed by atoms with Crippen molar-refractivity contribution in [3.05, 3.63) is 71.8 Å².